The van der Waals surface area contributed by atoms with Gasteiger partial charge in [-0.2, -0.15) is 36.4 Å². The van der Waals surface area contributed by atoms with Gasteiger partial charge in [-0.3, -0.25) is 19.8 Å². The van der Waals surface area contributed by atoms with Crippen molar-refractivity contribution in [3.05, 3.63) is 36.4 Å². The molecule has 1 unspecified atom stereocenters. The normalized spacial score (nSPS) is 20.7. The monoisotopic (exact) mass is 314 g/mol. The summed E-state index contributed by atoms with van der Waals surface area (Å²) in [5.74, 6) is -0.682. The zero-order valence-corrected chi connectivity index (χ0v) is 15.0. The van der Waals surface area contributed by atoms with Crippen molar-refractivity contribution < 1.29 is 70.5 Å². The molecule has 1 atom stereocenters. The second kappa shape index (κ2) is 9.32. The predicted octanol–water partition coefficient (Wildman–Crippen LogP) is -2.27. The van der Waals surface area contributed by atoms with Gasteiger partial charge in [0.1, 0.15) is 12.6 Å². The van der Waals surface area contributed by atoms with Gasteiger partial charge in [0.05, 0.1) is 6.54 Å². The summed E-state index contributed by atoms with van der Waals surface area (Å²) in [6, 6.07) is 12.0. The zero-order valence-electron chi connectivity index (χ0n) is 11.9. The van der Waals surface area contributed by atoms with E-state index >= 15 is 0 Å². The first-order valence-corrected chi connectivity index (χ1v) is 6.36. The molecule has 1 aromatic carbocycles. The summed E-state index contributed by atoms with van der Waals surface area (Å²) in [5.41, 5.74) is 0. The number of carbonyl (C=O) groups excluding carboxylic acids is 3. The van der Waals surface area contributed by atoms with E-state index in [1.807, 2.05) is 30.3 Å². The van der Waals surface area contributed by atoms with Crippen LogP contribution in [0.5, 0.6) is 0 Å². The van der Waals surface area contributed by atoms with Crippen LogP contribution in [0.4, 0.5) is 4.79 Å². The molecule has 0 saturated carbocycles. The SMILES string of the molecule is O=C1CCC(N2CCOC2=O)C(=O)N1.[K+].[c-]1ccccc1. The van der Waals surface area contributed by atoms with Crippen molar-refractivity contribution in [2.24, 2.45) is 0 Å². The van der Waals surface area contributed by atoms with Crippen LogP contribution in [0.25, 0.3) is 0 Å². The van der Waals surface area contributed by atoms with Crippen molar-refractivity contribution in [1.82, 2.24) is 10.2 Å². The third-order valence-electron chi connectivity index (χ3n) is 2.99. The maximum absolute atomic E-state index is 11.4. The van der Waals surface area contributed by atoms with Crippen LogP contribution in [-0.2, 0) is 14.3 Å². The Hall–Kier alpha value is -0.734. The number of rotatable bonds is 1. The Bertz CT molecular complexity index is 468. The molecule has 3 rings (SSSR count). The summed E-state index contributed by atoms with van der Waals surface area (Å²) < 4.78 is 4.72. The summed E-state index contributed by atoms with van der Waals surface area (Å²) in [7, 11) is 0. The van der Waals surface area contributed by atoms with Crippen molar-refractivity contribution in [3.8, 4) is 0 Å². The van der Waals surface area contributed by atoms with E-state index < -0.39 is 18.0 Å². The van der Waals surface area contributed by atoms with Crippen molar-refractivity contribution in [2.45, 2.75) is 18.9 Å². The number of nitrogens with zero attached hydrogens (tertiary/aromatic N) is 1. The molecule has 2 fully saturated rings. The zero-order chi connectivity index (χ0) is 14.4. The molecule has 6 nitrogen and oxygen atoms in total. The molecule has 2 aliphatic heterocycles. The molecule has 0 bridgehead atoms. The number of cyclic esters (lactones) is 1. The van der Waals surface area contributed by atoms with Crippen molar-refractivity contribution >= 4 is 17.9 Å². The first kappa shape index (κ1) is 18.3. The molecule has 0 aromatic heterocycles. The van der Waals surface area contributed by atoms with Crippen molar-refractivity contribution in [1.29, 1.82) is 0 Å². The first-order chi connectivity index (χ1) is 9.68. The van der Waals surface area contributed by atoms with E-state index in [9.17, 15) is 14.4 Å². The van der Waals surface area contributed by atoms with Gasteiger partial charge in [0.25, 0.3) is 0 Å². The Morgan fingerprint density at radius 1 is 1.19 bits per heavy atom. The molecule has 0 radical (unpaired) electrons. The Balaban J connectivity index is 0.000000267. The number of hydrogen-bond acceptors (Lipinski definition) is 4. The minimum Gasteiger partial charge on any atom is -0.448 e. The van der Waals surface area contributed by atoms with Gasteiger partial charge in [-0.05, 0) is 6.42 Å². The minimum absolute atomic E-state index is 0. The molecular weight excluding hydrogens is 299 g/mol. The van der Waals surface area contributed by atoms with Gasteiger partial charge in [0.15, 0.2) is 0 Å². The molecule has 2 aliphatic rings. The predicted molar refractivity (Wildman–Crippen MR) is 69.5 cm³/mol. The molecule has 1 N–H and O–H groups in total. The molecule has 2 saturated heterocycles. The summed E-state index contributed by atoms with van der Waals surface area (Å²) in [6.45, 7) is 0.738. The summed E-state index contributed by atoms with van der Waals surface area (Å²) in [6.07, 6.45) is 0.194. The second-order valence-electron chi connectivity index (χ2n) is 4.35. The van der Waals surface area contributed by atoms with Crippen LogP contribution in [0.1, 0.15) is 12.8 Å². The molecular formula is C14H15KN2O4. The molecule has 3 amide bonds. The van der Waals surface area contributed by atoms with Crippen LogP contribution in [0.3, 0.4) is 0 Å². The Kier molecular flexibility index (Phi) is 8.13. The largest absolute Gasteiger partial charge is 1.00 e. The van der Waals surface area contributed by atoms with Crippen LogP contribution >= 0.6 is 0 Å². The number of amides is 3. The Morgan fingerprint density at radius 3 is 2.33 bits per heavy atom. The molecule has 0 aliphatic carbocycles. The van der Waals surface area contributed by atoms with Gasteiger partial charge in [0, 0.05) is 6.42 Å². The number of ether oxygens (including phenoxy) is 1. The van der Waals surface area contributed by atoms with E-state index in [4.69, 9.17) is 4.74 Å². The van der Waals surface area contributed by atoms with Crippen LogP contribution in [0.15, 0.2) is 30.3 Å². The van der Waals surface area contributed by atoms with Crippen LogP contribution in [0, 0.1) is 6.07 Å². The number of nitrogens with one attached hydrogen (secondary N) is 1. The standard InChI is InChI=1S/C8H10N2O4.C6H5.K/c11-6-2-1-5(7(12)9-6)10-3-4-14-8(10)13;1-2-4-6-5-3-1;/h5H,1-4H2,(H,9,11,12);1-5H;/q;-1;+1. The van der Waals surface area contributed by atoms with Crippen LogP contribution in [-0.4, -0.2) is 42.0 Å². The molecule has 21 heavy (non-hydrogen) atoms. The summed E-state index contributed by atoms with van der Waals surface area (Å²) in [4.78, 5) is 34.7. The first-order valence-electron chi connectivity index (χ1n) is 6.36. The van der Waals surface area contributed by atoms with Gasteiger partial charge < -0.3 is 4.74 Å². The van der Waals surface area contributed by atoms with Gasteiger partial charge in [-0.15, -0.1) is 0 Å². The van der Waals surface area contributed by atoms with Gasteiger partial charge >= 0.3 is 57.5 Å². The van der Waals surface area contributed by atoms with Gasteiger partial charge in [0.2, 0.25) is 11.8 Å². The van der Waals surface area contributed by atoms with Crippen molar-refractivity contribution in [2.75, 3.05) is 13.2 Å². The maximum Gasteiger partial charge on any atom is 1.00 e. The van der Waals surface area contributed by atoms with Crippen molar-refractivity contribution in [3.63, 3.8) is 0 Å². The number of carbonyl (C=O) groups is 3. The number of hydrogen-bond donors (Lipinski definition) is 1. The maximum atomic E-state index is 11.4. The van der Waals surface area contributed by atoms with E-state index in [0.29, 0.717) is 19.6 Å². The summed E-state index contributed by atoms with van der Waals surface area (Å²) >= 11 is 0. The number of imide groups is 1. The van der Waals surface area contributed by atoms with Gasteiger partial charge in [-0.25, -0.2) is 4.79 Å². The Morgan fingerprint density at radius 2 is 1.90 bits per heavy atom. The van der Waals surface area contributed by atoms with Crippen LogP contribution in [0.2, 0.25) is 0 Å². The average molecular weight is 314 g/mol. The second-order valence-corrected chi connectivity index (χ2v) is 4.35. The quantitative estimate of drug-likeness (QED) is 0.360. The molecule has 7 heteroatoms. The van der Waals surface area contributed by atoms with Gasteiger partial charge in [-0.1, -0.05) is 0 Å². The van der Waals surface area contributed by atoms with E-state index in [1.54, 1.807) is 0 Å². The topological polar surface area (TPSA) is 75.7 Å². The molecule has 0 spiro atoms. The number of piperidine rings is 1. The summed E-state index contributed by atoms with van der Waals surface area (Å²) in [5, 5.41) is 2.20. The van der Waals surface area contributed by atoms with E-state index in [-0.39, 0.29) is 63.7 Å². The third kappa shape index (κ3) is 5.52. The van der Waals surface area contributed by atoms with E-state index in [2.05, 4.69) is 11.4 Å². The minimum atomic E-state index is -0.539. The number of benzene rings is 1. The van der Waals surface area contributed by atoms with E-state index in [1.165, 1.54) is 4.90 Å². The van der Waals surface area contributed by atoms with E-state index in [0.717, 1.165) is 0 Å². The van der Waals surface area contributed by atoms with Crippen LogP contribution < -0.4 is 56.7 Å². The fourth-order valence-corrected chi connectivity index (χ4v) is 2.01. The fraction of sp³-hybridized carbons (Fsp3) is 0.357. The molecule has 106 valence electrons. The molecule has 2 heterocycles. The average Bonchev–Trinajstić information content (AvgIpc) is 2.88. The fourth-order valence-electron chi connectivity index (χ4n) is 2.01. The Labute approximate surface area is 165 Å². The smallest absolute Gasteiger partial charge is 0.448 e. The molecule has 1 aromatic rings. The third-order valence-corrected chi connectivity index (χ3v) is 2.99.